The monoisotopic (exact) mass is 418 g/mol. The van der Waals surface area contributed by atoms with E-state index < -0.39 is 51.4 Å². The fraction of sp³-hybridized carbons (Fsp3) is 0.556. The van der Waals surface area contributed by atoms with Gasteiger partial charge in [0.1, 0.15) is 24.1 Å². The van der Waals surface area contributed by atoms with E-state index in [2.05, 4.69) is 25.6 Å². The molecule has 0 radical (unpaired) electrons. The van der Waals surface area contributed by atoms with Crippen LogP contribution in [0.3, 0.4) is 0 Å². The van der Waals surface area contributed by atoms with Gasteiger partial charge in [0, 0.05) is 6.20 Å². The summed E-state index contributed by atoms with van der Waals surface area (Å²) in [5.41, 5.74) is 4.47. The third-order valence-electron chi connectivity index (χ3n) is 3.07. The number of nitrogen functional groups attached to an aromatic ring is 1. The first-order valence-electron chi connectivity index (χ1n) is 6.48. The van der Waals surface area contributed by atoms with Crippen LogP contribution in [0.4, 0.5) is 5.82 Å². The van der Waals surface area contributed by atoms with Crippen LogP contribution in [0.1, 0.15) is 6.23 Å². The molecule has 0 aromatic carbocycles. The molecule has 0 saturated carbocycles. The Labute approximate surface area is 145 Å². The van der Waals surface area contributed by atoms with E-state index in [4.69, 9.17) is 20.3 Å². The number of ether oxygens (including phenoxy) is 1. The lowest BCUT2D eigenvalue weighted by atomic mass is 10.1. The van der Waals surface area contributed by atoms with Gasteiger partial charge in [0.05, 0.1) is 6.61 Å². The SMILES string of the molecule is Nc1ccn(C2OC(COP(=O)([O-])OP(O)(O)=S)C(O)C2O)c(=O)n1. The molecule has 1 aromatic heterocycles. The molecular weight excluding hydrogens is 404 g/mol. The standard InChI is InChI=1S/C9H15N3O10P2S/c10-5-1-2-12(9(15)11-5)8-7(14)6(13)4(21-8)3-20-23(16,17)22-24(18,19)25/h1-2,4,6-8,13-14H,3H2,(H,16,17)(H2,10,11,15)(H2,18,19,25)/p-1. The molecule has 1 aromatic rings. The minimum Gasteiger partial charge on any atom is -0.756 e. The highest BCUT2D eigenvalue weighted by Gasteiger charge is 2.44. The summed E-state index contributed by atoms with van der Waals surface area (Å²) in [5, 5.41) is 19.9. The second kappa shape index (κ2) is 7.47. The van der Waals surface area contributed by atoms with E-state index in [0.29, 0.717) is 0 Å². The van der Waals surface area contributed by atoms with Crippen LogP contribution in [0.15, 0.2) is 17.1 Å². The third-order valence-corrected chi connectivity index (χ3v) is 5.78. The van der Waals surface area contributed by atoms with Crippen molar-refractivity contribution in [3.8, 4) is 0 Å². The first kappa shape index (κ1) is 20.6. The quantitative estimate of drug-likeness (QED) is 0.295. The second-order valence-electron chi connectivity index (χ2n) is 4.90. The van der Waals surface area contributed by atoms with Gasteiger partial charge in [-0.1, -0.05) is 0 Å². The van der Waals surface area contributed by atoms with Crippen molar-refractivity contribution in [2.45, 2.75) is 24.5 Å². The molecule has 2 heterocycles. The number of rotatable bonds is 6. The van der Waals surface area contributed by atoms with Crippen LogP contribution in [0.5, 0.6) is 0 Å². The average Bonchev–Trinajstić information content (AvgIpc) is 2.71. The van der Waals surface area contributed by atoms with Crippen molar-refractivity contribution in [3.05, 3.63) is 22.7 Å². The predicted octanol–water partition coefficient (Wildman–Crippen LogP) is -2.84. The molecule has 142 valence electrons. The molecule has 0 amide bonds. The molecule has 1 aliphatic rings. The molecule has 0 spiro atoms. The Morgan fingerprint density at radius 3 is 2.64 bits per heavy atom. The first-order valence-corrected chi connectivity index (χ1v) is 10.6. The van der Waals surface area contributed by atoms with Crippen molar-refractivity contribution in [1.82, 2.24) is 9.55 Å². The zero-order valence-corrected chi connectivity index (χ0v) is 14.8. The number of aliphatic hydroxyl groups is 2. The number of aromatic nitrogens is 2. The third kappa shape index (κ3) is 5.36. The van der Waals surface area contributed by atoms with Crippen molar-refractivity contribution in [2.75, 3.05) is 12.3 Å². The second-order valence-corrected chi connectivity index (χ2v) is 9.12. The first-order chi connectivity index (χ1) is 11.4. The van der Waals surface area contributed by atoms with Gasteiger partial charge in [-0.3, -0.25) is 9.13 Å². The zero-order chi connectivity index (χ0) is 19.0. The number of hydrogen-bond acceptors (Lipinski definition) is 11. The fourth-order valence-corrected chi connectivity index (χ4v) is 4.33. The summed E-state index contributed by atoms with van der Waals surface area (Å²) in [6.07, 6.45) is -4.82. The van der Waals surface area contributed by atoms with E-state index in [1.54, 1.807) is 0 Å². The molecule has 16 heteroatoms. The Hall–Kier alpha value is -0.760. The maximum atomic E-state index is 11.7. The number of phosphoric acid groups is 1. The van der Waals surface area contributed by atoms with E-state index >= 15 is 0 Å². The Morgan fingerprint density at radius 1 is 1.44 bits per heavy atom. The maximum Gasteiger partial charge on any atom is 0.351 e. The number of aliphatic hydroxyl groups excluding tert-OH is 2. The largest absolute Gasteiger partial charge is 0.756 e. The summed E-state index contributed by atoms with van der Waals surface area (Å²) >= 11 is 4.00. The van der Waals surface area contributed by atoms with E-state index in [-0.39, 0.29) is 5.82 Å². The Balaban J connectivity index is 2.08. The van der Waals surface area contributed by atoms with Gasteiger partial charge in [-0.15, -0.1) is 0 Å². The maximum absolute atomic E-state index is 11.7. The highest BCUT2D eigenvalue weighted by molar-refractivity contribution is 8.08. The van der Waals surface area contributed by atoms with Crippen LogP contribution in [-0.4, -0.2) is 54.5 Å². The summed E-state index contributed by atoms with van der Waals surface area (Å²) in [7, 11) is -5.20. The molecular formula is C9H14N3O10P2S-. The molecule has 25 heavy (non-hydrogen) atoms. The van der Waals surface area contributed by atoms with Crippen molar-refractivity contribution in [2.24, 2.45) is 0 Å². The van der Waals surface area contributed by atoms with E-state index in [1.165, 1.54) is 12.3 Å². The van der Waals surface area contributed by atoms with Crippen molar-refractivity contribution in [1.29, 1.82) is 0 Å². The molecule has 0 aliphatic carbocycles. The van der Waals surface area contributed by atoms with E-state index in [9.17, 15) is 24.5 Å². The minimum atomic E-state index is -5.20. The molecule has 6 N–H and O–H groups in total. The highest BCUT2D eigenvalue weighted by Crippen LogP contribution is 2.55. The molecule has 1 fully saturated rings. The van der Waals surface area contributed by atoms with Crippen molar-refractivity contribution < 1.29 is 43.0 Å². The molecule has 13 nitrogen and oxygen atoms in total. The van der Waals surface area contributed by atoms with Gasteiger partial charge in [-0.25, -0.2) is 9.11 Å². The highest BCUT2D eigenvalue weighted by atomic mass is 32.5. The lowest BCUT2D eigenvalue weighted by molar-refractivity contribution is -0.220. The van der Waals surface area contributed by atoms with Gasteiger partial charge in [0.2, 0.25) is 0 Å². The van der Waals surface area contributed by atoms with Gasteiger partial charge >= 0.3 is 12.4 Å². The van der Waals surface area contributed by atoms with E-state index in [1.807, 2.05) is 0 Å². The van der Waals surface area contributed by atoms with Gasteiger partial charge in [-0.2, -0.15) is 4.98 Å². The summed E-state index contributed by atoms with van der Waals surface area (Å²) in [6.45, 7) is -5.38. The molecule has 1 aliphatic heterocycles. The van der Waals surface area contributed by atoms with Crippen LogP contribution < -0.4 is 16.3 Å². The topological polar surface area (TPSA) is 210 Å². The Kier molecular flexibility index (Phi) is 6.14. The molecule has 5 unspecified atom stereocenters. The number of nitrogens with two attached hydrogens (primary N) is 1. The van der Waals surface area contributed by atoms with Gasteiger partial charge in [0.15, 0.2) is 6.23 Å². The number of hydrogen-bond donors (Lipinski definition) is 5. The predicted molar refractivity (Wildman–Crippen MR) is 82.2 cm³/mol. The van der Waals surface area contributed by atoms with Gasteiger partial charge < -0.3 is 39.9 Å². The normalized spacial score (nSPS) is 29.5. The Morgan fingerprint density at radius 2 is 2.08 bits per heavy atom. The summed E-state index contributed by atoms with van der Waals surface area (Å²) in [6, 6.07) is 1.25. The Bertz CT molecular complexity index is 783. The summed E-state index contributed by atoms with van der Waals surface area (Å²) in [5.74, 6) is -0.0673. The van der Waals surface area contributed by atoms with Crippen molar-refractivity contribution in [3.63, 3.8) is 0 Å². The van der Waals surface area contributed by atoms with Crippen LogP contribution >= 0.6 is 14.5 Å². The fourth-order valence-electron chi connectivity index (χ4n) is 2.03. The average molecular weight is 418 g/mol. The lowest BCUT2D eigenvalue weighted by Gasteiger charge is -2.26. The molecule has 2 rings (SSSR count). The van der Waals surface area contributed by atoms with Crippen molar-refractivity contribution >= 4 is 32.2 Å². The number of anilines is 1. The van der Waals surface area contributed by atoms with Gasteiger partial charge in [0.25, 0.3) is 7.82 Å². The number of nitrogens with zero attached hydrogens (tertiary/aromatic N) is 2. The summed E-state index contributed by atoms with van der Waals surface area (Å²) in [4.78, 5) is 44.2. The number of phosphoric ester groups is 1. The zero-order valence-electron chi connectivity index (χ0n) is 12.2. The molecule has 5 atom stereocenters. The summed E-state index contributed by atoms with van der Waals surface area (Å²) < 4.78 is 25.6. The molecule has 1 saturated heterocycles. The smallest absolute Gasteiger partial charge is 0.351 e. The van der Waals surface area contributed by atoms with Gasteiger partial charge in [-0.05, 0) is 17.9 Å². The van der Waals surface area contributed by atoms with Crippen LogP contribution in [0.25, 0.3) is 0 Å². The van der Waals surface area contributed by atoms with E-state index in [0.717, 1.165) is 4.57 Å². The van der Waals surface area contributed by atoms with Crippen LogP contribution in [-0.2, 0) is 29.9 Å². The lowest BCUT2D eigenvalue weighted by Crippen LogP contribution is -2.36. The van der Waals surface area contributed by atoms with Crippen LogP contribution in [0.2, 0.25) is 0 Å². The minimum absolute atomic E-state index is 0.0673. The van der Waals surface area contributed by atoms with Crippen LogP contribution in [0, 0.1) is 0 Å². The molecule has 0 bridgehead atoms.